The number of rotatable bonds is 7. The molecule has 1 aromatic carbocycles. The van der Waals surface area contributed by atoms with E-state index in [-0.39, 0.29) is 23.9 Å². The topological polar surface area (TPSA) is 103 Å². The molecule has 0 bridgehead atoms. The Morgan fingerprint density at radius 2 is 1.87 bits per heavy atom. The van der Waals surface area contributed by atoms with Crippen molar-refractivity contribution in [2.45, 2.75) is 70.0 Å². The number of carbonyl (C=O) groups excluding carboxylic acids is 2. The summed E-state index contributed by atoms with van der Waals surface area (Å²) in [6, 6.07) is 5.62. The van der Waals surface area contributed by atoms with Crippen LogP contribution in [0.3, 0.4) is 0 Å². The Morgan fingerprint density at radius 3 is 2.55 bits per heavy atom. The molecule has 10 nitrogen and oxygen atoms in total. The Balaban J connectivity index is 1.38. The molecule has 2 fully saturated rings. The van der Waals surface area contributed by atoms with Crippen LogP contribution in [0, 0.1) is 0 Å². The van der Waals surface area contributed by atoms with Crippen LogP contribution >= 0.6 is 0 Å². The SMILES string of the molecule is CC[C@H]1C(=O)N(C)c2cnc(Nc3ccc(C(=O)NC4CCN(C)CC4)cc3OC)nc2N1C1CCCC1. The second-order valence-electron chi connectivity index (χ2n) is 10.7. The molecule has 1 saturated carbocycles. The molecule has 0 unspecified atom stereocenters. The highest BCUT2D eigenvalue weighted by molar-refractivity contribution is 6.04. The monoisotopic (exact) mass is 521 g/mol. The molecule has 0 spiro atoms. The Labute approximate surface area is 224 Å². The van der Waals surface area contributed by atoms with Gasteiger partial charge in [0.2, 0.25) is 11.9 Å². The maximum Gasteiger partial charge on any atom is 0.251 e. The fourth-order valence-corrected chi connectivity index (χ4v) is 5.92. The lowest BCUT2D eigenvalue weighted by Crippen LogP contribution is -2.55. The van der Waals surface area contributed by atoms with E-state index < -0.39 is 0 Å². The molecule has 38 heavy (non-hydrogen) atoms. The number of likely N-dealkylation sites (N-methyl/N-ethyl adjacent to an activating group) is 1. The minimum atomic E-state index is -0.227. The van der Waals surface area contributed by atoms with E-state index in [0.29, 0.717) is 29.0 Å². The number of fused-ring (bicyclic) bond motifs is 1. The van der Waals surface area contributed by atoms with Crippen LogP contribution in [0.2, 0.25) is 0 Å². The quantitative estimate of drug-likeness (QED) is 0.570. The first-order valence-corrected chi connectivity index (χ1v) is 13.8. The Kier molecular flexibility index (Phi) is 7.69. The number of nitrogens with zero attached hydrogens (tertiary/aromatic N) is 5. The Hall–Kier alpha value is -3.40. The fraction of sp³-hybridized carbons (Fsp3) is 0.571. The van der Waals surface area contributed by atoms with Crippen LogP contribution in [-0.2, 0) is 4.79 Å². The third kappa shape index (κ3) is 5.14. The van der Waals surface area contributed by atoms with Gasteiger partial charge in [0.25, 0.3) is 5.91 Å². The second-order valence-corrected chi connectivity index (χ2v) is 10.7. The molecule has 1 aliphatic carbocycles. The molecular formula is C28H39N7O3. The van der Waals surface area contributed by atoms with Crippen molar-refractivity contribution >= 4 is 35.0 Å². The lowest BCUT2D eigenvalue weighted by Gasteiger charge is -2.43. The summed E-state index contributed by atoms with van der Waals surface area (Å²) >= 11 is 0. The molecule has 2 N–H and O–H groups in total. The minimum Gasteiger partial charge on any atom is -0.495 e. The largest absolute Gasteiger partial charge is 0.495 e. The predicted octanol–water partition coefficient (Wildman–Crippen LogP) is 3.56. The average molecular weight is 522 g/mol. The summed E-state index contributed by atoms with van der Waals surface area (Å²) in [7, 11) is 5.48. The summed E-state index contributed by atoms with van der Waals surface area (Å²) in [5.74, 6) is 1.74. The normalized spacial score (nSPS) is 20.9. The molecule has 1 saturated heterocycles. The lowest BCUT2D eigenvalue weighted by molar-refractivity contribution is -0.120. The third-order valence-electron chi connectivity index (χ3n) is 8.18. The number of amides is 2. The minimum absolute atomic E-state index is 0.0898. The first-order valence-electron chi connectivity index (χ1n) is 13.8. The number of piperidine rings is 1. The standard InChI is InChI=1S/C28H39N7O3/c1-5-22-27(37)34(3)23-17-29-28(32-25(23)35(22)20-8-6-7-9-20)31-21-11-10-18(16-24(21)38-4)26(36)30-19-12-14-33(2)15-13-19/h10-11,16-17,19-20,22H,5-9,12-15H2,1-4H3,(H,30,36)(H,29,31,32)/t22-/m0/s1. The van der Waals surface area contributed by atoms with Crippen LogP contribution < -0.4 is 25.2 Å². The van der Waals surface area contributed by atoms with Crippen molar-refractivity contribution in [1.29, 1.82) is 0 Å². The maximum absolute atomic E-state index is 13.1. The van der Waals surface area contributed by atoms with Crippen molar-refractivity contribution in [1.82, 2.24) is 20.2 Å². The van der Waals surface area contributed by atoms with E-state index in [1.54, 1.807) is 37.4 Å². The van der Waals surface area contributed by atoms with Gasteiger partial charge in [0, 0.05) is 24.7 Å². The van der Waals surface area contributed by atoms with E-state index in [4.69, 9.17) is 9.72 Å². The molecule has 3 aliphatic rings. The molecule has 10 heteroatoms. The smallest absolute Gasteiger partial charge is 0.251 e. The van der Waals surface area contributed by atoms with Gasteiger partial charge >= 0.3 is 0 Å². The zero-order chi connectivity index (χ0) is 26.8. The van der Waals surface area contributed by atoms with Crippen LogP contribution in [0.25, 0.3) is 0 Å². The molecule has 1 aromatic heterocycles. The highest BCUT2D eigenvalue weighted by Gasteiger charge is 2.41. The zero-order valence-electron chi connectivity index (χ0n) is 22.9. The summed E-state index contributed by atoms with van der Waals surface area (Å²) in [5, 5.41) is 6.44. The molecule has 5 rings (SSSR count). The van der Waals surface area contributed by atoms with E-state index in [1.165, 1.54) is 12.8 Å². The first kappa shape index (κ1) is 26.2. The number of aromatic nitrogens is 2. The second kappa shape index (κ2) is 11.1. The summed E-state index contributed by atoms with van der Waals surface area (Å²) in [6.07, 6.45) is 8.80. The number of ether oxygens (including phenoxy) is 1. The maximum atomic E-state index is 13.1. The van der Waals surface area contributed by atoms with Crippen LogP contribution in [-0.4, -0.2) is 79.1 Å². The molecular weight excluding hydrogens is 482 g/mol. The molecule has 0 radical (unpaired) electrons. The summed E-state index contributed by atoms with van der Waals surface area (Å²) < 4.78 is 5.63. The predicted molar refractivity (Wildman–Crippen MR) is 149 cm³/mol. The van der Waals surface area contributed by atoms with Crippen molar-refractivity contribution in [3.05, 3.63) is 30.0 Å². The molecule has 3 heterocycles. The number of benzene rings is 1. The van der Waals surface area contributed by atoms with E-state index in [0.717, 1.165) is 56.7 Å². The van der Waals surface area contributed by atoms with Gasteiger partial charge in [-0.15, -0.1) is 0 Å². The van der Waals surface area contributed by atoms with Crippen molar-refractivity contribution in [2.24, 2.45) is 0 Å². The van der Waals surface area contributed by atoms with E-state index >= 15 is 0 Å². The van der Waals surface area contributed by atoms with Gasteiger partial charge in [-0.05, 0) is 70.4 Å². The molecule has 2 amide bonds. The van der Waals surface area contributed by atoms with E-state index in [9.17, 15) is 9.59 Å². The van der Waals surface area contributed by atoms with Crippen LogP contribution in [0.4, 0.5) is 23.1 Å². The van der Waals surface area contributed by atoms with Crippen molar-refractivity contribution in [2.75, 3.05) is 49.4 Å². The summed E-state index contributed by atoms with van der Waals surface area (Å²) in [4.78, 5) is 41.6. The van der Waals surface area contributed by atoms with Crippen LogP contribution in [0.15, 0.2) is 24.4 Å². The highest BCUT2D eigenvalue weighted by atomic mass is 16.5. The third-order valence-corrected chi connectivity index (χ3v) is 8.18. The number of nitrogens with one attached hydrogen (secondary N) is 2. The van der Waals surface area contributed by atoms with Gasteiger partial charge in [-0.3, -0.25) is 9.59 Å². The summed E-state index contributed by atoms with van der Waals surface area (Å²) in [5.41, 5.74) is 1.95. The van der Waals surface area contributed by atoms with Gasteiger partial charge in [-0.2, -0.15) is 4.98 Å². The first-order chi connectivity index (χ1) is 18.4. The summed E-state index contributed by atoms with van der Waals surface area (Å²) in [6.45, 7) is 4.02. The number of hydrogen-bond donors (Lipinski definition) is 2. The number of hydrogen-bond acceptors (Lipinski definition) is 8. The Bertz CT molecular complexity index is 1180. The van der Waals surface area contributed by atoms with Crippen molar-refractivity contribution < 1.29 is 14.3 Å². The van der Waals surface area contributed by atoms with Crippen molar-refractivity contribution in [3.63, 3.8) is 0 Å². The van der Waals surface area contributed by atoms with Gasteiger partial charge < -0.3 is 30.1 Å². The number of likely N-dealkylation sites (tertiary alicyclic amines) is 1. The van der Waals surface area contributed by atoms with Crippen molar-refractivity contribution in [3.8, 4) is 5.75 Å². The fourth-order valence-electron chi connectivity index (χ4n) is 5.92. The Morgan fingerprint density at radius 1 is 1.13 bits per heavy atom. The van der Waals surface area contributed by atoms with Gasteiger partial charge in [0.05, 0.1) is 19.0 Å². The van der Waals surface area contributed by atoms with Gasteiger partial charge in [0.1, 0.15) is 17.5 Å². The molecule has 1 atom stereocenters. The zero-order valence-corrected chi connectivity index (χ0v) is 22.9. The molecule has 2 aromatic rings. The highest BCUT2D eigenvalue weighted by Crippen LogP contribution is 2.40. The van der Waals surface area contributed by atoms with Crippen LogP contribution in [0.1, 0.15) is 62.2 Å². The van der Waals surface area contributed by atoms with Gasteiger partial charge in [0.15, 0.2) is 5.82 Å². The van der Waals surface area contributed by atoms with E-state index in [1.807, 2.05) is 6.07 Å². The number of carbonyl (C=O) groups is 2. The van der Waals surface area contributed by atoms with Crippen LogP contribution in [0.5, 0.6) is 5.75 Å². The number of anilines is 4. The molecule has 2 aliphatic heterocycles. The number of methoxy groups -OCH3 is 1. The molecule has 204 valence electrons. The van der Waals surface area contributed by atoms with E-state index in [2.05, 4.69) is 39.4 Å². The average Bonchev–Trinajstić information content (AvgIpc) is 3.46. The van der Waals surface area contributed by atoms with Gasteiger partial charge in [-0.1, -0.05) is 19.8 Å². The van der Waals surface area contributed by atoms with Gasteiger partial charge in [-0.25, -0.2) is 4.98 Å². The lowest BCUT2D eigenvalue weighted by atomic mass is 10.0.